The number of aromatic nitrogens is 3. The Morgan fingerprint density at radius 1 is 1.32 bits per heavy atom. The third-order valence-corrected chi connectivity index (χ3v) is 5.27. The van der Waals surface area contributed by atoms with Crippen molar-refractivity contribution in [3.63, 3.8) is 0 Å². The number of hydrogen-bond donors (Lipinski definition) is 2. The van der Waals surface area contributed by atoms with Gasteiger partial charge in [0.2, 0.25) is 0 Å². The lowest BCUT2D eigenvalue weighted by Gasteiger charge is -2.24. The molecule has 3 heterocycles. The molecular weight excluding hydrogens is 513 g/mol. The number of aliphatic imine (C=N–C) groups is 1. The molecule has 0 aromatic carbocycles. The molecule has 2 aliphatic heterocycles. The van der Waals surface area contributed by atoms with Gasteiger partial charge in [0.15, 0.2) is 11.8 Å². The Hall–Kier alpha value is -1.63. The molecule has 2 aliphatic rings. The minimum Gasteiger partial charge on any atom is -0.444 e. The lowest BCUT2D eigenvalue weighted by molar-refractivity contribution is 0.0507. The number of halogens is 1. The van der Waals surface area contributed by atoms with Gasteiger partial charge in [0, 0.05) is 33.3 Å². The summed E-state index contributed by atoms with van der Waals surface area (Å²) in [5.41, 5.74) is -0.508. The maximum Gasteiger partial charge on any atom is 0.407 e. The van der Waals surface area contributed by atoms with Crippen LogP contribution in [0.2, 0.25) is 0 Å². The zero-order chi connectivity index (χ0) is 21.7. The zero-order valence-electron chi connectivity index (χ0n) is 19.2. The maximum absolute atomic E-state index is 12.1. The van der Waals surface area contributed by atoms with E-state index in [2.05, 4.69) is 25.7 Å². The van der Waals surface area contributed by atoms with Crippen LogP contribution >= 0.6 is 24.0 Å². The average molecular weight is 549 g/mol. The minimum atomic E-state index is -0.508. The predicted octanol–water partition coefficient (Wildman–Crippen LogP) is 1.97. The van der Waals surface area contributed by atoms with Crippen molar-refractivity contribution in [1.82, 2.24) is 30.3 Å². The quantitative estimate of drug-likeness (QED) is 0.329. The Morgan fingerprint density at radius 3 is 2.71 bits per heavy atom. The van der Waals surface area contributed by atoms with Crippen LogP contribution in [-0.2, 0) is 23.1 Å². The molecule has 2 N–H and O–H groups in total. The summed E-state index contributed by atoms with van der Waals surface area (Å²) in [6, 6.07) is 0.0200. The van der Waals surface area contributed by atoms with E-state index in [4.69, 9.17) is 14.5 Å². The number of guanidine groups is 1. The molecule has 0 radical (unpaired) electrons. The van der Waals surface area contributed by atoms with Crippen LogP contribution in [0.15, 0.2) is 4.99 Å². The van der Waals surface area contributed by atoms with Gasteiger partial charge in [-0.15, -0.1) is 34.2 Å². The van der Waals surface area contributed by atoms with E-state index >= 15 is 0 Å². The van der Waals surface area contributed by atoms with Crippen LogP contribution < -0.4 is 10.6 Å². The van der Waals surface area contributed by atoms with Crippen molar-refractivity contribution in [3.8, 4) is 0 Å². The summed E-state index contributed by atoms with van der Waals surface area (Å²) in [5.74, 6) is 2.48. The molecule has 2 unspecified atom stereocenters. The highest BCUT2D eigenvalue weighted by Gasteiger charge is 2.28. The van der Waals surface area contributed by atoms with Gasteiger partial charge in [-0.25, -0.2) is 9.79 Å². The highest BCUT2D eigenvalue weighted by atomic mass is 127. The van der Waals surface area contributed by atoms with Gasteiger partial charge in [-0.3, -0.25) is 0 Å². The summed E-state index contributed by atoms with van der Waals surface area (Å²) < 4.78 is 13.1. The summed E-state index contributed by atoms with van der Waals surface area (Å²) in [6.45, 7) is 11.0. The molecule has 10 nitrogen and oxygen atoms in total. The molecule has 2 fully saturated rings. The van der Waals surface area contributed by atoms with Gasteiger partial charge in [-0.05, 0) is 47.0 Å². The van der Waals surface area contributed by atoms with Gasteiger partial charge in [-0.1, -0.05) is 0 Å². The first-order chi connectivity index (χ1) is 14.2. The number of aryl methyl sites for hydroxylation is 1. The molecule has 0 bridgehead atoms. The van der Waals surface area contributed by atoms with E-state index in [-0.39, 0.29) is 42.2 Å². The normalized spacial score (nSPS) is 21.7. The molecule has 1 amide bonds. The van der Waals surface area contributed by atoms with Crippen LogP contribution in [-0.4, -0.2) is 75.7 Å². The third kappa shape index (κ3) is 7.78. The van der Waals surface area contributed by atoms with Gasteiger partial charge >= 0.3 is 6.09 Å². The first-order valence-electron chi connectivity index (χ1n) is 10.7. The Morgan fingerprint density at radius 2 is 2.10 bits per heavy atom. The first-order valence-corrected chi connectivity index (χ1v) is 10.7. The lowest BCUT2D eigenvalue weighted by atomic mass is 10.2. The molecule has 176 valence electrons. The van der Waals surface area contributed by atoms with Crippen LogP contribution in [0.1, 0.15) is 51.7 Å². The number of carbonyl (C=O) groups is 1. The molecule has 31 heavy (non-hydrogen) atoms. The number of carbonyl (C=O) groups excluding carboxylic acids is 1. The molecular formula is C20H36IN7O3. The monoisotopic (exact) mass is 549 g/mol. The topological polar surface area (TPSA) is 106 Å². The van der Waals surface area contributed by atoms with E-state index in [0.717, 1.165) is 56.6 Å². The van der Waals surface area contributed by atoms with Crippen LogP contribution in [0, 0.1) is 6.92 Å². The van der Waals surface area contributed by atoms with Crippen molar-refractivity contribution in [2.24, 2.45) is 12.0 Å². The lowest BCUT2D eigenvalue weighted by Crippen LogP contribution is -2.45. The summed E-state index contributed by atoms with van der Waals surface area (Å²) in [7, 11) is 1.94. The second kappa shape index (κ2) is 11.3. The fourth-order valence-electron chi connectivity index (χ4n) is 3.56. The number of ether oxygens (including phenoxy) is 2. The third-order valence-electron chi connectivity index (χ3n) is 5.27. The molecule has 2 saturated heterocycles. The Balaban J connectivity index is 0.00000341. The van der Waals surface area contributed by atoms with E-state index in [1.807, 2.05) is 39.3 Å². The second-order valence-electron chi connectivity index (χ2n) is 8.96. The first kappa shape index (κ1) is 25.6. The van der Waals surface area contributed by atoms with Crippen molar-refractivity contribution in [2.75, 3.05) is 26.2 Å². The van der Waals surface area contributed by atoms with Gasteiger partial charge in [0.05, 0.1) is 12.1 Å². The molecule has 3 rings (SSSR count). The molecule has 0 spiro atoms. The van der Waals surface area contributed by atoms with Crippen molar-refractivity contribution < 1.29 is 14.3 Å². The predicted molar refractivity (Wildman–Crippen MR) is 129 cm³/mol. The van der Waals surface area contributed by atoms with Crippen LogP contribution in [0.25, 0.3) is 0 Å². The molecule has 1 aromatic heterocycles. The molecule has 2 atom stereocenters. The Kier molecular flexibility index (Phi) is 9.34. The summed E-state index contributed by atoms with van der Waals surface area (Å²) in [4.78, 5) is 19.1. The van der Waals surface area contributed by atoms with E-state index in [0.29, 0.717) is 13.1 Å². The van der Waals surface area contributed by atoms with Crippen molar-refractivity contribution in [2.45, 2.75) is 71.2 Å². The number of amides is 1. The van der Waals surface area contributed by atoms with Gasteiger partial charge < -0.3 is 29.6 Å². The SMILES string of the molecule is Cc1nnc(CN=C(NCC2CCCO2)N2CCC(NC(=O)OC(C)(C)C)C2)n1C.I. The average Bonchev–Trinajstić information content (AvgIpc) is 3.39. The van der Waals surface area contributed by atoms with Crippen LogP contribution in [0.3, 0.4) is 0 Å². The summed E-state index contributed by atoms with van der Waals surface area (Å²) in [5, 5.41) is 14.7. The number of likely N-dealkylation sites (tertiary alicyclic amines) is 1. The van der Waals surface area contributed by atoms with Gasteiger partial charge in [0.25, 0.3) is 0 Å². The highest BCUT2D eigenvalue weighted by molar-refractivity contribution is 14.0. The molecule has 11 heteroatoms. The number of nitrogens with one attached hydrogen (secondary N) is 2. The number of rotatable bonds is 5. The fourth-order valence-corrected chi connectivity index (χ4v) is 3.56. The van der Waals surface area contributed by atoms with Gasteiger partial charge in [0.1, 0.15) is 18.0 Å². The minimum absolute atomic E-state index is 0. The molecule has 0 aliphatic carbocycles. The van der Waals surface area contributed by atoms with E-state index < -0.39 is 5.60 Å². The smallest absolute Gasteiger partial charge is 0.407 e. The number of hydrogen-bond acceptors (Lipinski definition) is 6. The van der Waals surface area contributed by atoms with E-state index in [1.54, 1.807) is 0 Å². The maximum atomic E-state index is 12.1. The molecule has 1 aromatic rings. The number of nitrogens with zero attached hydrogens (tertiary/aromatic N) is 5. The van der Waals surface area contributed by atoms with Crippen molar-refractivity contribution in [3.05, 3.63) is 11.6 Å². The van der Waals surface area contributed by atoms with Gasteiger partial charge in [-0.2, -0.15) is 0 Å². The van der Waals surface area contributed by atoms with Crippen LogP contribution in [0.5, 0.6) is 0 Å². The van der Waals surface area contributed by atoms with E-state index in [9.17, 15) is 4.79 Å². The van der Waals surface area contributed by atoms with E-state index in [1.165, 1.54) is 0 Å². The number of alkyl carbamates (subject to hydrolysis) is 1. The highest BCUT2D eigenvalue weighted by Crippen LogP contribution is 2.14. The van der Waals surface area contributed by atoms with Crippen LogP contribution in [0.4, 0.5) is 4.79 Å². The Bertz CT molecular complexity index is 756. The summed E-state index contributed by atoms with van der Waals surface area (Å²) in [6.07, 6.45) is 2.83. The standard InChI is InChI=1S/C20H35N7O3.HI/c1-14-24-25-17(26(14)5)12-22-18(21-11-16-7-6-10-29-16)27-9-8-15(13-27)23-19(28)30-20(2,3)4;/h15-16H,6-13H2,1-5H3,(H,21,22)(H,23,28);1H. The molecule has 0 saturated carbocycles. The second-order valence-corrected chi connectivity index (χ2v) is 8.96. The van der Waals surface area contributed by atoms with Crippen molar-refractivity contribution >= 4 is 36.0 Å². The Labute approximate surface area is 201 Å². The van der Waals surface area contributed by atoms with Crippen molar-refractivity contribution in [1.29, 1.82) is 0 Å². The largest absolute Gasteiger partial charge is 0.444 e. The fraction of sp³-hybridized carbons (Fsp3) is 0.800. The summed E-state index contributed by atoms with van der Waals surface area (Å²) >= 11 is 0. The zero-order valence-corrected chi connectivity index (χ0v) is 21.5.